The van der Waals surface area contributed by atoms with E-state index >= 15 is 0 Å². The summed E-state index contributed by atoms with van der Waals surface area (Å²) in [7, 11) is 0. The van der Waals surface area contributed by atoms with Crippen LogP contribution in [-0.2, 0) is 0 Å². The minimum atomic E-state index is -0.698. The van der Waals surface area contributed by atoms with Crippen molar-refractivity contribution in [3.05, 3.63) is 70.6 Å². The lowest BCUT2D eigenvalue weighted by molar-refractivity contribution is 0.0707. The van der Waals surface area contributed by atoms with Gasteiger partial charge in [-0.1, -0.05) is 23.2 Å². The van der Waals surface area contributed by atoms with Crippen LogP contribution in [0.2, 0.25) is 10.0 Å². The highest BCUT2D eigenvalue weighted by Crippen LogP contribution is 2.37. The molecule has 3 rings (SSSR count). The summed E-state index contributed by atoms with van der Waals surface area (Å²) in [5.41, 5.74) is 3.88. The fourth-order valence-electron chi connectivity index (χ4n) is 2.27. The monoisotopic (exact) mass is 374 g/mol. The summed E-state index contributed by atoms with van der Waals surface area (Å²) in [6.07, 6.45) is 4.86. The largest absolute Gasteiger partial charge is 0.337 e. The number of hydrogen-bond acceptors (Lipinski definition) is 5. The van der Waals surface area contributed by atoms with Crippen molar-refractivity contribution < 1.29 is 10.0 Å². The van der Waals surface area contributed by atoms with Crippen LogP contribution < -0.4 is 10.8 Å². The maximum Gasteiger partial charge on any atom is 0.278 e. The van der Waals surface area contributed by atoms with Gasteiger partial charge in [0.25, 0.3) is 5.91 Å². The predicted molar refractivity (Wildman–Crippen MR) is 96.5 cm³/mol. The first-order valence-corrected chi connectivity index (χ1v) is 7.91. The van der Waals surface area contributed by atoms with Crippen LogP contribution in [0.15, 0.2) is 55.0 Å². The first-order chi connectivity index (χ1) is 12.1. The highest BCUT2D eigenvalue weighted by atomic mass is 35.5. The average Bonchev–Trinajstić information content (AvgIpc) is 2.65. The molecule has 3 N–H and O–H groups in total. The topological polar surface area (TPSA) is 87.1 Å². The third-order valence-electron chi connectivity index (χ3n) is 3.45. The lowest BCUT2D eigenvalue weighted by Crippen LogP contribution is -2.20. The second-order valence-electron chi connectivity index (χ2n) is 5.02. The summed E-state index contributed by atoms with van der Waals surface area (Å²) in [5.74, 6) is -0.481. The Bertz CT molecular complexity index is 897. The Labute approximate surface area is 153 Å². The predicted octanol–water partition coefficient (Wildman–Crippen LogP) is 4.31. The summed E-state index contributed by atoms with van der Waals surface area (Å²) < 4.78 is 0. The third kappa shape index (κ3) is 3.71. The molecule has 2 aromatic heterocycles. The van der Waals surface area contributed by atoms with Gasteiger partial charge < -0.3 is 5.32 Å². The number of rotatable bonds is 4. The minimum absolute atomic E-state index is 0.148. The number of hydroxylamine groups is 1. The van der Waals surface area contributed by atoms with Crippen molar-refractivity contribution in [2.45, 2.75) is 0 Å². The van der Waals surface area contributed by atoms with Gasteiger partial charge in [0.1, 0.15) is 5.82 Å². The van der Waals surface area contributed by atoms with Crippen LogP contribution >= 0.6 is 23.2 Å². The van der Waals surface area contributed by atoms with Crippen molar-refractivity contribution in [3.63, 3.8) is 0 Å². The molecule has 0 saturated heterocycles. The Hall–Kier alpha value is -2.67. The van der Waals surface area contributed by atoms with Crippen molar-refractivity contribution >= 4 is 40.6 Å². The van der Waals surface area contributed by atoms with E-state index in [9.17, 15) is 4.79 Å². The van der Waals surface area contributed by atoms with Crippen molar-refractivity contribution in [1.29, 1.82) is 0 Å². The fourth-order valence-corrected chi connectivity index (χ4v) is 2.85. The molecule has 0 bridgehead atoms. The van der Waals surface area contributed by atoms with Gasteiger partial charge in [0.2, 0.25) is 0 Å². The van der Waals surface area contributed by atoms with Crippen molar-refractivity contribution in [1.82, 2.24) is 15.4 Å². The number of nitrogens with zero attached hydrogens (tertiary/aromatic N) is 2. The summed E-state index contributed by atoms with van der Waals surface area (Å²) >= 11 is 12.7. The second kappa shape index (κ2) is 7.48. The van der Waals surface area contributed by atoms with E-state index in [4.69, 9.17) is 28.4 Å². The third-order valence-corrected chi connectivity index (χ3v) is 4.05. The molecule has 8 heteroatoms. The highest BCUT2D eigenvalue weighted by Gasteiger charge is 2.15. The quantitative estimate of drug-likeness (QED) is 0.467. The van der Waals surface area contributed by atoms with E-state index in [-0.39, 0.29) is 11.4 Å². The first kappa shape index (κ1) is 17.2. The molecule has 3 aromatic rings. The highest BCUT2D eigenvalue weighted by molar-refractivity contribution is 6.39. The van der Waals surface area contributed by atoms with Crippen LogP contribution in [0.5, 0.6) is 0 Å². The van der Waals surface area contributed by atoms with Crippen LogP contribution in [0.3, 0.4) is 0 Å². The molecule has 0 spiro atoms. The van der Waals surface area contributed by atoms with Crippen molar-refractivity contribution in [2.24, 2.45) is 0 Å². The SMILES string of the molecule is O=C(NO)c1cccnc1Nc1c(Cl)cc(-c2ccncc2)cc1Cl. The van der Waals surface area contributed by atoms with Gasteiger partial charge in [0, 0.05) is 18.6 Å². The van der Waals surface area contributed by atoms with Crippen LogP contribution in [0.25, 0.3) is 11.1 Å². The second-order valence-corrected chi connectivity index (χ2v) is 5.83. The minimum Gasteiger partial charge on any atom is -0.337 e. The zero-order valence-corrected chi connectivity index (χ0v) is 14.2. The van der Waals surface area contributed by atoms with Gasteiger partial charge in [-0.3, -0.25) is 15.0 Å². The number of benzene rings is 1. The maximum atomic E-state index is 11.7. The van der Waals surface area contributed by atoms with Gasteiger partial charge in [0.15, 0.2) is 0 Å². The molecule has 0 aliphatic heterocycles. The number of anilines is 2. The number of halogens is 2. The Balaban J connectivity index is 1.99. The first-order valence-electron chi connectivity index (χ1n) is 7.16. The number of hydrogen-bond donors (Lipinski definition) is 3. The van der Waals surface area contributed by atoms with Gasteiger partial charge >= 0.3 is 0 Å². The summed E-state index contributed by atoms with van der Waals surface area (Å²) in [5, 5.41) is 12.5. The lowest BCUT2D eigenvalue weighted by Gasteiger charge is -2.14. The lowest BCUT2D eigenvalue weighted by atomic mass is 10.1. The maximum absolute atomic E-state index is 11.7. The number of carbonyl (C=O) groups is 1. The normalized spacial score (nSPS) is 10.4. The van der Waals surface area contributed by atoms with Crippen LogP contribution in [-0.4, -0.2) is 21.1 Å². The van der Waals surface area contributed by atoms with Gasteiger partial charge in [-0.05, 0) is 47.5 Å². The number of carbonyl (C=O) groups excluding carboxylic acids is 1. The molecule has 0 atom stereocenters. The smallest absolute Gasteiger partial charge is 0.278 e. The Morgan fingerprint density at radius 2 is 1.68 bits per heavy atom. The van der Waals surface area contributed by atoms with Crippen molar-refractivity contribution in [3.8, 4) is 11.1 Å². The van der Waals surface area contributed by atoms with Crippen molar-refractivity contribution in [2.75, 3.05) is 5.32 Å². The van der Waals surface area contributed by atoms with Gasteiger partial charge in [-0.25, -0.2) is 10.5 Å². The molecule has 0 fully saturated rings. The van der Waals surface area contributed by atoms with E-state index in [1.165, 1.54) is 12.3 Å². The molecular formula is C17H12Cl2N4O2. The molecule has 0 saturated carbocycles. The average molecular weight is 375 g/mol. The molecule has 6 nitrogen and oxygen atoms in total. The van der Waals surface area contributed by atoms with Crippen LogP contribution in [0.4, 0.5) is 11.5 Å². The van der Waals surface area contributed by atoms with E-state index in [2.05, 4.69) is 15.3 Å². The molecule has 1 amide bonds. The van der Waals surface area contributed by atoms with E-state index < -0.39 is 5.91 Å². The Morgan fingerprint density at radius 3 is 2.32 bits per heavy atom. The number of amides is 1. The number of nitrogens with one attached hydrogen (secondary N) is 2. The summed E-state index contributed by atoms with van der Waals surface area (Å²) in [4.78, 5) is 19.8. The van der Waals surface area contributed by atoms with E-state index in [0.717, 1.165) is 11.1 Å². The fraction of sp³-hybridized carbons (Fsp3) is 0. The Morgan fingerprint density at radius 1 is 1.00 bits per heavy atom. The van der Waals surface area contributed by atoms with Gasteiger partial charge in [0.05, 0.1) is 21.3 Å². The molecule has 25 heavy (non-hydrogen) atoms. The number of pyridine rings is 2. The van der Waals surface area contributed by atoms with E-state index in [1.54, 1.807) is 36.1 Å². The zero-order chi connectivity index (χ0) is 17.8. The molecule has 0 aliphatic carbocycles. The van der Waals surface area contributed by atoms with Gasteiger partial charge in [-0.2, -0.15) is 0 Å². The zero-order valence-electron chi connectivity index (χ0n) is 12.7. The summed E-state index contributed by atoms with van der Waals surface area (Å²) in [6, 6.07) is 10.3. The Kier molecular flexibility index (Phi) is 5.14. The molecular weight excluding hydrogens is 363 g/mol. The molecule has 0 aliphatic rings. The molecule has 2 heterocycles. The number of aromatic nitrogens is 2. The standard InChI is InChI=1S/C17H12Cl2N4O2/c18-13-8-11(10-3-6-20-7-4-10)9-14(19)15(13)22-16-12(17(24)23-25)2-1-5-21-16/h1-9,25H,(H,21,22)(H,23,24). The van der Waals surface area contributed by atoms with Crippen LogP contribution in [0.1, 0.15) is 10.4 Å². The molecule has 0 unspecified atom stereocenters. The van der Waals surface area contributed by atoms with Gasteiger partial charge in [-0.15, -0.1) is 0 Å². The summed E-state index contributed by atoms with van der Waals surface area (Å²) in [6.45, 7) is 0. The van der Waals surface area contributed by atoms with Crippen LogP contribution in [0, 0.1) is 0 Å². The molecule has 0 radical (unpaired) electrons. The molecule has 1 aromatic carbocycles. The van der Waals surface area contributed by atoms with E-state index in [1.807, 2.05) is 12.1 Å². The van der Waals surface area contributed by atoms with E-state index in [0.29, 0.717) is 15.7 Å². The molecule has 126 valence electrons.